The molecule has 0 aliphatic heterocycles. The van der Waals surface area contributed by atoms with E-state index in [1.807, 2.05) is 0 Å². The van der Waals surface area contributed by atoms with Gasteiger partial charge < -0.3 is 0 Å². The van der Waals surface area contributed by atoms with Crippen LogP contribution in [0.15, 0.2) is 42.5 Å². The molecule has 1 nitrogen and oxygen atoms in total. The summed E-state index contributed by atoms with van der Waals surface area (Å²) in [7, 11) is 0. The molecule has 2 rings (SSSR count). The van der Waals surface area contributed by atoms with Crippen LogP contribution in [-0.4, -0.2) is 6.29 Å². The van der Waals surface area contributed by atoms with Crippen molar-refractivity contribution in [2.75, 3.05) is 0 Å². The lowest BCUT2D eigenvalue weighted by atomic mass is 9.97. The molecule has 2 aromatic rings. The Morgan fingerprint density at radius 1 is 0.947 bits per heavy atom. The predicted molar refractivity (Wildman–Crippen MR) is 62.2 cm³/mol. The molecule has 0 saturated heterocycles. The molecule has 0 N–H and O–H groups in total. The van der Waals surface area contributed by atoms with E-state index in [1.165, 1.54) is 24.3 Å². The molecular formula is C14H8F4O. The van der Waals surface area contributed by atoms with Gasteiger partial charge in [-0.2, -0.15) is 13.2 Å². The quantitative estimate of drug-likeness (QED) is 0.585. The fourth-order valence-electron chi connectivity index (χ4n) is 1.79. The topological polar surface area (TPSA) is 17.1 Å². The first-order chi connectivity index (χ1) is 8.93. The van der Waals surface area contributed by atoms with Crippen LogP contribution < -0.4 is 0 Å². The van der Waals surface area contributed by atoms with Gasteiger partial charge in [-0.25, -0.2) is 4.39 Å². The lowest BCUT2D eigenvalue weighted by molar-refractivity contribution is -0.137. The zero-order chi connectivity index (χ0) is 14.0. The molecule has 0 fully saturated rings. The molecule has 0 aliphatic carbocycles. The summed E-state index contributed by atoms with van der Waals surface area (Å²) in [4.78, 5) is 10.6. The van der Waals surface area contributed by atoms with E-state index in [4.69, 9.17) is 0 Å². The standard InChI is InChI=1S/C14H8F4O/c15-13-6-5-9(8-19)7-11(13)10-3-1-2-4-12(10)14(16,17)18/h1-8H. The van der Waals surface area contributed by atoms with Gasteiger partial charge in [0.05, 0.1) is 5.56 Å². The minimum absolute atomic E-state index is 0.119. The molecule has 19 heavy (non-hydrogen) atoms. The Morgan fingerprint density at radius 3 is 2.26 bits per heavy atom. The molecule has 2 aromatic carbocycles. The number of carbonyl (C=O) groups is 1. The lowest BCUT2D eigenvalue weighted by Gasteiger charge is -2.13. The maximum Gasteiger partial charge on any atom is 0.417 e. The Labute approximate surface area is 106 Å². The van der Waals surface area contributed by atoms with Gasteiger partial charge in [-0.05, 0) is 29.8 Å². The van der Waals surface area contributed by atoms with E-state index in [0.29, 0.717) is 6.29 Å². The Balaban J connectivity index is 2.69. The highest BCUT2D eigenvalue weighted by molar-refractivity contribution is 5.80. The normalized spacial score (nSPS) is 11.4. The van der Waals surface area contributed by atoms with E-state index >= 15 is 0 Å². The number of benzene rings is 2. The summed E-state index contributed by atoms with van der Waals surface area (Å²) in [5, 5.41) is 0. The van der Waals surface area contributed by atoms with Gasteiger partial charge >= 0.3 is 6.18 Å². The second kappa shape index (κ2) is 4.84. The Hall–Kier alpha value is -2.17. The number of carbonyl (C=O) groups excluding carboxylic acids is 1. The van der Waals surface area contributed by atoms with Crippen LogP contribution in [0, 0.1) is 5.82 Å². The van der Waals surface area contributed by atoms with Crippen LogP contribution in [0.5, 0.6) is 0 Å². The van der Waals surface area contributed by atoms with Crippen molar-refractivity contribution in [1.29, 1.82) is 0 Å². The van der Waals surface area contributed by atoms with Crippen LogP contribution in [0.2, 0.25) is 0 Å². The van der Waals surface area contributed by atoms with Crippen molar-refractivity contribution in [3.8, 4) is 11.1 Å². The van der Waals surface area contributed by atoms with Crippen molar-refractivity contribution in [1.82, 2.24) is 0 Å². The molecule has 0 bridgehead atoms. The fourth-order valence-corrected chi connectivity index (χ4v) is 1.79. The average Bonchev–Trinajstić information content (AvgIpc) is 2.38. The van der Waals surface area contributed by atoms with E-state index in [9.17, 15) is 22.4 Å². The van der Waals surface area contributed by atoms with Gasteiger partial charge in [-0.1, -0.05) is 18.2 Å². The maximum atomic E-state index is 13.7. The minimum Gasteiger partial charge on any atom is -0.298 e. The molecule has 0 atom stereocenters. The van der Waals surface area contributed by atoms with Crippen LogP contribution >= 0.6 is 0 Å². The summed E-state index contributed by atoms with van der Waals surface area (Å²) in [5.41, 5.74) is -1.33. The van der Waals surface area contributed by atoms with Crippen molar-refractivity contribution >= 4 is 6.29 Å². The zero-order valence-electron chi connectivity index (χ0n) is 9.54. The third kappa shape index (κ3) is 2.65. The summed E-state index contributed by atoms with van der Waals surface area (Å²) in [6, 6.07) is 7.96. The molecule has 0 amide bonds. The highest BCUT2D eigenvalue weighted by Crippen LogP contribution is 2.37. The Kier molecular flexibility index (Phi) is 3.38. The van der Waals surface area contributed by atoms with Gasteiger partial charge in [0, 0.05) is 11.1 Å². The summed E-state index contributed by atoms with van der Waals surface area (Å²) >= 11 is 0. The van der Waals surface area contributed by atoms with Crippen molar-refractivity contribution in [2.24, 2.45) is 0 Å². The van der Waals surface area contributed by atoms with Crippen LogP contribution in [0.3, 0.4) is 0 Å². The predicted octanol–water partition coefficient (Wildman–Crippen LogP) is 4.32. The average molecular weight is 268 g/mol. The Bertz CT molecular complexity index is 617. The number of halogens is 4. The lowest BCUT2D eigenvalue weighted by Crippen LogP contribution is -2.07. The highest BCUT2D eigenvalue weighted by atomic mass is 19.4. The number of aldehydes is 1. The van der Waals surface area contributed by atoms with Crippen LogP contribution in [0.1, 0.15) is 15.9 Å². The number of rotatable bonds is 2. The molecule has 0 saturated carbocycles. The largest absolute Gasteiger partial charge is 0.417 e. The molecule has 0 unspecified atom stereocenters. The number of hydrogen-bond acceptors (Lipinski definition) is 1. The Morgan fingerprint density at radius 2 is 1.63 bits per heavy atom. The van der Waals surface area contributed by atoms with E-state index < -0.39 is 17.6 Å². The summed E-state index contributed by atoms with van der Waals surface area (Å²) in [6.45, 7) is 0. The monoisotopic (exact) mass is 268 g/mol. The van der Waals surface area contributed by atoms with Gasteiger partial charge in [0.2, 0.25) is 0 Å². The van der Waals surface area contributed by atoms with Gasteiger partial charge in [-0.15, -0.1) is 0 Å². The smallest absolute Gasteiger partial charge is 0.298 e. The molecule has 0 aliphatic rings. The SMILES string of the molecule is O=Cc1ccc(F)c(-c2ccccc2C(F)(F)F)c1. The zero-order valence-corrected chi connectivity index (χ0v) is 9.54. The van der Waals surface area contributed by atoms with Gasteiger partial charge in [-0.3, -0.25) is 4.79 Å². The summed E-state index contributed by atoms with van der Waals surface area (Å²) in [5.74, 6) is -0.803. The molecular weight excluding hydrogens is 260 g/mol. The molecule has 0 heterocycles. The fraction of sp³-hybridized carbons (Fsp3) is 0.0714. The second-order valence-corrected chi connectivity index (χ2v) is 3.90. The van der Waals surface area contributed by atoms with Crippen LogP contribution in [-0.2, 0) is 6.18 Å². The molecule has 0 radical (unpaired) electrons. The van der Waals surface area contributed by atoms with Crippen molar-refractivity contribution in [2.45, 2.75) is 6.18 Å². The van der Waals surface area contributed by atoms with E-state index in [-0.39, 0.29) is 16.7 Å². The molecule has 0 spiro atoms. The van der Waals surface area contributed by atoms with Crippen molar-refractivity contribution in [3.05, 3.63) is 59.4 Å². The number of alkyl halides is 3. The van der Waals surface area contributed by atoms with Crippen molar-refractivity contribution in [3.63, 3.8) is 0 Å². The van der Waals surface area contributed by atoms with Crippen LogP contribution in [0.25, 0.3) is 11.1 Å². The van der Waals surface area contributed by atoms with Gasteiger partial charge in [0.25, 0.3) is 0 Å². The highest BCUT2D eigenvalue weighted by Gasteiger charge is 2.33. The first-order valence-corrected chi connectivity index (χ1v) is 5.35. The first-order valence-electron chi connectivity index (χ1n) is 5.35. The van der Waals surface area contributed by atoms with E-state index in [2.05, 4.69) is 0 Å². The summed E-state index contributed by atoms with van der Waals surface area (Å²) in [6.07, 6.45) is -4.13. The maximum absolute atomic E-state index is 13.7. The van der Waals surface area contributed by atoms with Crippen molar-refractivity contribution < 1.29 is 22.4 Å². The molecule has 5 heteroatoms. The second-order valence-electron chi connectivity index (χ2n) is 3.90. The molecule has 98 valence electrons. The first kappa shape index (κ1) is 13.3. The number of hydrogen-bond donors (Lipinski definition) is 0. The third-order valence-corrected chi connectivity index (χ3v) is 2.65. The molecule has 0 aromatic heterocycles. The van der Waals surface area contributed by atoms with Gasteiger partial charge in [0.1, 0.15) is 12.1 Å². The van der Waals surface area contributed by atoms with E-state index in [0.717, 1.165) is 18.2 Å². The minimum atomic E-state index is -4.58. The van der Waals surface area contributed by atoms with Gasteiger partial charge in [0.15, 0.2) is 0 Å². The third-order valence-electron chi connectivity index (χ3n) is 2.65. The summed E-state index contributed by atoms with van der Waals surface area (Å²) < 4.78 is 52.2. The van der Waals surface area contributed by atoms with Crippen LogP contribution in [0.4, 0.5) is 17.6 Å². The van der Waals surface area contributed by atoms with E-state index in [1.54, 1.807) is 0 Å².